The maximum absolute atomic E-state index is 13.0. The first kappa shape index (κ1) is 19.1. The Morgan fingerprint density at radius 3 is 2.75 bits per heavy atom. The van der Waals surface area contributed by atoms with Crippen LogP contribution in [-0.4, -0.2) is 57.9 Å². The predicted octanol–water partition coefficient (Wildman–Crippen LogP) is 2.70. The third-order valence-electron chi connectivity index (χ3n) is 5.78. The highest BCUT2D eigenvalue weighted by Crippen LogP contribution is 2.24. The van der Waals surface area contributed by atoms with E-state index < -0.39 is 0 Å². The highest BCUT2D eigenvalue weighted by atomic mass is 16.5. The van der Waals surface area contributed by atoms with E-state index >= 15 is 0 Å². The Kier molecular flexibility index (Phi) is 6.02. The summed E-state index contributed by atoms with van der Waals surface area (Å²) in [6.45, 7) is 3.65. The van der Waals surface area contributed by atoms with Gasteiger partial charge in [-0.25, -0.2) is 4.68 Å². The highest BCUT2D eigenvalue weighted by molar-refractivity contribution is 5.93. The van der Waals surface area contributed by atoms with Gasteiger partial charge in [-0.3, -0.25) is 15.0 Å². The number of piperidine rings is 1. The van der Waals surface area contributed by atoms with Crippen molar-refractivity contribution in [1.82, 2.24) is 19.7 Å². The van der Waals surface area contributed by atoms with Gasteiger partial charge in [0.05, 0.1) is 6.04 Å². The second-order valence-corrected chi connectivity index (χ2v) is 7.80. The Bertz CT molecular complexity index is 785. The molecule has 2 aliphatic rings. The van der Waals surface area contributed by atoms with E-state index in [4.69, 9.17) is 4.74 Å². The molecule has 2 aliphatic heterocycles. The molecule has 0 spiro atoms. The van der Waals surface area contributed by atoms with Crippen LogP contribution in [0.1, 0.15) is 32.1 Å². The molecule has 1 unspecified atom stereocenters. The summed E-state index contributed by atoms with van der Waals surface area (Å²) in [7, 11) is 1.85. The molecular formula is C21H29N5O2. The van der Waals surface area contributed by atoms with Crippen LogP contribution in [0.4, 0.5) is 5.95 Å². The van der Waals surface area contributed by atoms with Crippen LogP contribution in [-0.2, 0) is 16.6 Å². The van der Waals surface area contributed by atoms with Crippen molar-refractivity contribution in [3.05, 3.63) is 30.3 Å². The maximum atomic E-state index is 13.0. The van der Waals surface area contributed by atoms with Crippen LogP contribution in [0.5, 0.6) is 0 Å². The molecule has 2 aromatic rings. The summed E-state index contributed by atoms with van der Waals surface area (Å²) in [5.41, 5.74) is 0.983. The van der Waals surface area contributed by atoms with Crippen molar-refractivity contribution < 1.29 is 9.53 Å². The van der Waals surface area contributed by atoms with Gasteiger partial charge in [0.15, 0.2) is 5.82 Å². The first-order valence-corrected chi connectivity index (χ1v) is 10.3. The molecule has 4 rings (SSSR count). The molecule has 1 amide bonds. The van der Waals surface area contributed by atoms with Crippen molar-refractivity contribution in [2.24, 2.45) is 13.0 Å². The van der Waals surface area contributed by atoms with Crippen LogP contribution in [0.2, 0.25) is 0 Å². The van der Waals surface area contributed by atoms with Crippen LogP contribution >= 0.6 is 0 Å². The average molecular weight is 383 g/mol. The first-order chi connectivity index (χ1) is 13.7. The monoisotopic (exact) mass is 383 g/mol. The molecular weight excluding hydrogens is 354 g/mol. The van der Waals surface area contributed by atoms with Gasteiger partial charge in [0.1, 0.15) is 0 Å². The molecule has 1 N–H and O–H groups in total. The predicted molar refractivity (Wildman–Crippen MR) is 108 cm³/mol. The van der Waals surface area contributed by atoms with E-state index in [-0.39, 0.29) is 11.9 Å². The third kappa shape index (κ3) is 4.42. The fourth-order valence-electron chi connectivity index (χ4n) is 4.24. The lowest BCUT2D eigenvalue weighted by atomic mass is 9.95. The highest BCUT2D eigenvalue weighted by Gasteiger charge is 2.31. The molecule has 0 radical (unpaired) electrons. The van der Waals surface area contributed by atoms with Gasteiger partial charge in [-0.05, 0) is 38.1 Å². The summed E-state index contributed by atoms with van der Waals surface area (Å²) in [6.07, 6.45) is 5.33. The van der Waals surface area contributed by atoms with E-state index in [1.807, 2.05) is 37.4 Å². The largest absolute Gasteiger partial charge is 0.381 e. The van der Waals surface area contributed by atoms with Crippen molar-refractivity contribution >= 4 is 11.9 Å². The molecule has 2 fully saturated rings. The van der Waals surface area contributed by atoms with Gasteiger partial charge >= 0.3 is 0 Å². The molecule has 150 valence electrons. The number of rotatable bonds is 5. The fourth-order valence-corrected chi connectivity index (χ4v) is 4.24. The summed E-state index contributed by atoms with van der Waals surface area (Å²) in [6, 6.07) is 9.80. The summed E-state index contributed by atoms with van der Waals surface area (Å²) < 4.78 is 7.19. The summed E-state index contributed by atoms with van der Waals surface area (Å²) >= 11 is 0. The number of amides is 1. The molecule has 1 atom stereocenters. The minimum atomic E-state index is -0.0967. The lowest BCUT2D eigenvalue weighted by Crippen LogP contribution is -2.49. The van der Waals surface area contributed by atoms with Crippen LogP contribution < -0.4 is 5.32 Å². The van der Waals surface area contributed by atoms with E-state index in [9.17, 15) is 4.79 Å². The van der Waals surface area contributed by atoms with Crippen LogP contribution in [0.15, 0.2) is 30.3 Å². The van der Waals surface area contributed by atoms with Gasteiger partial charge in [0.25, 0.3) is 0 Å². The molecule has 7 heteroatoms. The minimum Gasteiger partial charge on any atom is -0.381 e. The maximum Gasteiger partial charge on any atom is 0.249 e. The summed E-state index contributed by atoms with van der Waals surface area (Å²) in [5.74, 6) is 1.76. The lowest BCUT2D eigenvalue weighted by Gasteiger charge is -2.37. The molecule has 3 heterocycles. The van der Waals surface area contributed by atoms with Gasteiger partial charge in [-0.2, -0.15) is 4.98 Å². The van der Waals surface area contributed by atoms with E-state index in [1.54, 1.807) is 4.68 Å². The van der Waals surface area contributed by atoms with Crippen LogP contribution in [0.25, 0.3) is 11.4 Å². The number of hydrogen-bond acceptors (Lipinski definition) is 5. The topological polar surface area (TPSA) is 72.3 Å². The Balaban J connectivity index is 1.43. The molecule has 28 heavy (non-hydrogen) atoms. The SMILES string of the molecule is Cn1nc(NC(=O)C2CCCCN2CC2CCOCC2)nc1-c1ccccc1. The minimum absolute atomic E-state index is 0.0111. The second kappa shape index (κ2) is 8.84. The number of aromatic nitrogens is 3. The van der Waals surface area contributed by atoms with Gasteiger partial charge < -0.3 is 4.74 Å². The van der Waals surface area contributed by atoms with Gasteiger partial charge in [-0.1, -0.05) is 36.8 Å². The number of carbonyl (C=O) groups excluding carboxylic acids is 1. The quantitative estimate of drug-likeness (QED) is 0.859. The molecule has 1 aromatic heterocycles. The smallest absolute Gasteiger partial charge is 0.249 e. The van der Waals surface area contributed by atoms with E-state index in [1.165, 1.54) is 0 Å². The number of benzene rings is 1. The average Bonchev–Trinajstić information content (AvgIpc) is 3.10. The Labute approximate surface area is 166 Å². The Morgan fingerprint density at radius 2 is 1.96 bits per heavy atom. The normalized spacial score (nSPS) is 21.5. The fraction of sp³-hybridized carbons (Fsp3) is 0.571. The number of carbonyl (C=O) groups is 1. The standard InChI is InChI=1S/C21H29N5O2/c1-25-19(17-7-3-2-4-8-17)22-21(24-25)23-20(27)18-9-5-6-12-26(18)15-16-10-13-28-14-11-16/h2-4,7-8,16,18H,5-6,9-15H2,1H3,(H,23,24,27). The van der Waals surface area contributed by atoms with Crippen LogP contribution in [0.3, 0.4) is 0 Å². The Hall–Kier alpha value is -2.25. The number of hydrogen-bond donors (Lipinski definition) is 1. The van der Waals surface area contributed by atoms with Crippen molar-refractivity contribution in [2.75, 3.05) is 31.6 Å². The van der Waals surface area contributed by atoms with Crippen molar-refractivity contribution in [3.8, 4) is 11.4 Å². The lowest BCUT2D eigenvalue weighted by molar-refractivity contribution is -0.123. The molecule has 1 aromatic carbocycles. The van der Waals surface area contributed by atoms with Gasteiger partial charge in [-0.15, -0.1) is 5.10 Å². The number of nitrogens with zero attached hydrogens (tertiary/aromatic N) is 4. The Morgan fingerprint density at radius 1 is 1.18 bits per heavy atom. The van der Waals surface area contributed by atoms with Crippen molar-refractivity contribution in [1.29, 1.82) is 0 Å². The van der Waals surface area contributed by atoms with E-state index in [2.05, 4.69) is 20.3 Å². The van der Waals surface area contributed by atoms with E-state index in [0.29, 0.717) is 11.9 Å². The zero-order valence-electron chi connectivity index (χ0n) is 16.5. The number of nitrogens with one attached hydrogen (secondary N) is 1. The number of likely N-dealkylation sites (tertiary alicyclic amines) is 1. The molecule has 0 aliphatic carbocycles. The number of ether oxygens (including phenoxy) is 1. The zero-order chi connectivity index (χ0) is 19.3. The van der Waals surface area contributed by atoms with Gasteiger partial charge in [0.2, 0.25) is 11.9 Å². The van der Waals surface area contributed by atoms with Crippen LogP contribution in [0, 0.1) is 5.92 Å². The molecule has 7 nitrogen and oxygen atoms in total. The molecule has 0 saturated carbocycles. The second-order valence-electron chi connectivity index (χ2n) is 7.80. The first-order valence-electron chi connectivity index (χ1n) is 10.3. The zero-order valence-corrected chi connectivity index (χ0v) is 16.5. The third-order valence-corrected chi connectivity index (χ3v) is 5.78. The number of aryl methyl sites for hydroxylation is 1. The molecule has 0 bridgehead atoms. The van der Waals surface area contributed by atoms with Crippen molar-refractivity contribution in [3.63, 3.8) is 0 Å². The number of anilines is 1. The van der Waals surface area contributed by atoms with Gasteiger partial charge in [0, 0.05) is 32.4 Å². The summed E-state index contributed by atoms with van der Waals surface area (Å²) in [5, 5.41) is 7.36. The molecule has 2 saturated heterocycles. The van der Waals surface area contributed by atoms with Crippen molar-refractivity contribution in [2.45, 2.75) is 38.1 Å². The summed E-state index contributed by atoms with van der Waals surface area (Å²) in [4.78, 5) is 19.9. The van der Waals surface area contributed by atoms with E-state index in [0.717, 1.165) is 69.8 Å².